The van der Waals surface area contributed by atoms with E-state index >= 15 is 0 Å². The van der Waals surface area contributed by atoms with Crippen molar-refractivity contribution in [3.63, 3.8) is 0 Å². The third-order valence-corrected chi connectivity index (χ3v) is 4.48. The summed E-state index contributed by atoms with van der Waals surface area (Å²) in [5.74, 6) is 5.25. The van der Waals surface area contributed by atoms with Gasteiger partial charge in [-0.2, -0.15) is 0 Å². The lowest BCUT2D eigenvalue weighted by atomic mass is 10.0. The minimum absolute atomic E-state index is 0.00414. The van der Waals surface area contributed by atoms with Crippen LogP contribution in [-0.2, 0) is 12.8 Å². The quantitative estimate of drug-likeness (QED) is 0.650. The summed E-state index contributed by atoms with van der Waals surface area (Å²) in [6, 6.07) is 6.97. The van der Waals surface area contributed by atoms with E-state index in [9.17, 15) is 4.39 Å². The number of hydrogen-bond donors (Lipinski definition) is 2. The normalized spacial score (nSPS) is 12.6. The largest absolute Gasteiger partial charge is 0.271 e. The Balaban J connectivity index is 2.21. The molecule has 0 fully saturated rings. The van der Waals surface area contributed by atoms with Gasteiger partial charge in [-0.05, 0) is 47.5 Å². The molecule has 0 aliphatic rings. The molecule has 0 amide bonds. The molecule has 102 valence electrons. The summed E-state index contributed by atoms with van der Waals surface area (Å²) in [6.45, 7) is 2.11. The zero-order valence-electron chi connectivity index (χ0n) is 10.6. The molecule has 2 rings (SSSR count). The third kappa shape index (κ3) is 3.34. The first-order valence-electron chi connectivity index (χ1n) is 6.12. The molecule has 3 N–H and O–H groups in total. The SMILES string of the molecule is CCc1ccsc1C(Cc1ccc(Cl)c(F)c1)NN. The molecule has 0 radical (unpaired) electrons. The Hall–Kier alpha value is -0.940. The summed E-state index contributed by atoms with van der Waals surface area (Å²) in [5, 5.41) is 2.20. The molecule has 2 aromatic rings. The van der Waals surface area contributed by atoms with Gasteiger partial charge in [0.25, 0.3) is 0 Å². The second-order valence-corrected chi connectivity index (χ2v) is 5.69. The van der Waals surface area contributed by atoms with E-state index in [0.717, 1.165) is 12.0 Å². The van der Waals surface area contributed by atoms with Crippen molar-refractivity contribution in [2.75, 3.05) is 0 Å². The van der Waals surface area contributed by atoms with Crippen LogP contribution in [-0.4, -0.2) is 0 Å². The van der Waals surface area contributed by atoms with E-state index in [4.69, 9.17) is 17.4 Å². The van der Waals surface area contributed by atoms with Gasteiger partial charge >= 0.3 is 0 Å². The summed E-state index contributed by atoms with van der Waals surface area (Å²) in [5.41, 5.74) is 4.97. The predicted molar refractivity (Wildman–Crippen MR) is 78.9 cm³/mol. The summed E-state index contributed by atoms with van der Waals surface area (Å²) in [4.78, 5) is 1.21. The highest BCUT2D eigenvalue weighted by Crippen LogP contribution is 2.28. The summed E-state index contributed by atoms with van der Waals surface area (Å²) >= 11 is 7.36. The number of hydrazine groups is 1. The van der Waals surface area contributed by atoms with Crippen LogP contribution >= 0.6 is 22.9 Å². The molecule has 0 aliphatic heterocycles. The fourth-order valence-electron chi connectivity index (χ4n) is 2.07. The molecule has 19 heavy (non-hydrogen) atoms. The maximum absolute atomic E-state index is 13.4. The topological polar surface area (TPSA) is 38.0 Å². The first-order chi connectivity index (χ1) is 9.15. The number of thiophene rings is 1. The van der Waals surface area contributed by atoms with Gasteiger partial charge in [0.05, 0.1) is 11.1 Å². The number of hydrogen-bond acceptors (Lipinski definition) is 3. The van der Waals surface area contributed by atoms with Crippen molar-refractivity contribution < 1.29 is 4.39 Å². The van der Waals surface area contributed by atoms with E-state index in [0.29, 0.717) is 6.42 Å². The van der Waals surface area contributed by atoms with Crippen LogP contribution in [0.15, 0.2) is 29.6 Å². The molecule has 2 nitrogen and oxygen atoms in total. The van der Waals surface area contributed by atoms with Crippen molar-refractivity contribution in [3.8, 4) is 0 Å². The maximum Gasteiger partial charge on any atom is 0.142 e. The molecule has 1 aromatic heterocycles. The maximum atomic E-state index is 13.4. The van der Waals surface area contributed by atoms with Crippen LogP contribution in [0.3, 0.4) is 0 Å². The van der Waals surface area contributed by atoms with E-state index in [1.807, 2.05) is 6.07 Å². The van der Waals surface area contributed by atoms with Gasteiger partial charge in [0.2, 0.25) is 0 Å². The van der Waals surface area contributed by atoms with Crippen LogP contribution in [0, 0.1) is 5.82 Å². The lowest BCUT2D eigenvalue weighted by molar-refractivity contribution is 0.553. The van der Waals surface area contributed by atoms with Crippen molar-refractivity contribution in [2.24, 2.45) is 5.84 Å². The molecule has 1 unspecified atom stereocenters. The zero-order valence-corrected chi connectivity index (χ0v) is 12.2. The van der Waals surface area contributed by atoms with Crippen LogP contribution in [0.1, 0.15) is 29.0 Å². The van der Waals surface area contributed by atoms with Crippen LogP contribution in [0.4, 0.5) is 4.39 Å². The Kier molecular flexibility index (Phi) is 4.93. The van der Waals surface area contributed by atoms with Crippen molar-refractivity contribution >= 4 is 22.9 Å². The second kappa shape index (κ2) is 6.48. The molecule has 0 saturated heterocycles. The summed E-state index contributed by atoms with van der Waals surface area (Å²) < 4.78 is 13.4. The lowest BCUT2D eigenvalue weighted by Crippen LogP contribution is -2.29. The van der Waals surface area contributed by atoms with E-state index in [1.165, 1.54) is 16.5 Å². The van der Waals surface area contributed by atoms with E-state index in [1.54, 1.807) is 17.4 Å². The zero-order chi connectivity index (χ0) is 13.8. The van der Waals surface area contributed by atoms with E-state index < -0.39 is 5.82 Å². The third-order valence-electron chi connectivity index (χ3n) is 3.10. The minimum atomic E-state index is -0.392. The Labute approximate surface area is 121 Å². The van der Waals surface area contributed by atoms with E-state index in [-0.39, 0.29) is 11.1 Å². The van der Waals surface area contributed by atoms with Crippen LogP contribution in [0.25, 0.3) is 0 Å². The fraction of sp³-hybridized carbons (Fsp3) is 0.286. The summed E-state index contributed by atoms with van der Waals surface area (Å²) in [7, 11) is 0. The Morgan fingerprint density at radius 3 is 2.84 bits per heavy atom. The fourth-order valence-corrected chi connectivity index (χ4v) is 3.25. The van der Waals surface area contributed by atoms with Gasteiger partial charge < -0.3 is 0 Å². The van der Waals surface area contributed by atoms with Crippen LogP contribution in [0.5, 0.6) is 0 Å². The van der Waals surface area contributed by atoms with Gasteiger partial charge in [0.15, 0.2) is 0 Å². The van der Waals surface area contributed by atoms with Crippen molar-refractivity contribution in [2.45, 2.75) is 25.8 Å². The second-order valence-electron chi connectivity index (χ2n) is 4.34. The molecule has 5 heteroatoms. The van der Waals surface area contributed by atoms with Gasteiger partial charge in [-0.3, -0.25) is 11.3 Å². The average molecular weight is 299 g/mol. The average Bonchev–Trinajstić information content (AvgIpc) is 2.88. The van der Waals surface area contributed by atoms with E-state index in [2.05, 4.69) is 23.8 Å². The molecule has 0 spiro atoms. The Morgan fingerprint density at radius 2 is 2.21 bits per heavy atom. The van der Waals surface area contributed by atoms with Gasteiger partial charge in [-0.15, -0.1) is 11.3 Å². The van der Waals surface area contributed by atoms with Gasteiger partial charge in [0, 0.05) is 4.88 Å². The highest BCUT2D eigenvalue weighted by molar-refractivity contribution is 7.10. The molecular weight excluding hydrogens is 283 g/mol. The summed E-state index contributed by atoms with van der Waals surface area (Å²) in [6.07, 6.45) is 1.60. The first kappa shape index (κ1) is 14.5. The number of nitrogens with two attached hydrogens (primary N) is 1. The highest BCUT2D eigenvalue weighted by Gasteiger charge is 2.16. The van der Waals surface area contributed by atoms with Gasteiger partial charge in [-0.25, -0.2) is 4.39 Å². The van der Waals surface area contributed by atoms with Crippen LogP contribution in [0.2, 0.25) is 5.02 Å². The van der Waals surface area contributed by atoms with Crippen molar-refractivity contribution in [1.29, 1.82) is 0 Å². The lowest BCUT2D eigenvalue weighted by Gasteiger charge is -2.16. The number of nitrogens with one attached hydrogen (secondary N) is 1. The van der Waals surface area contributed by atoms with Crippen molar-refractivity contribution in [3.05, 3.63) is 56.5 Å². The van der Waals surface area contributed by atoms with Gasteiger partial charge in [-0.1, -0.05) is 24.6 Å². The predicted octanol–water partition coefficient (Wildman–Crippen LogP) is 3.85. The standard InChI is InChI=1S/C14H16ClFN2S/c1-2-10-5-6-19-14(10)13(18-17)8-9-3-4-11(15)12(16)7-9/h3-7,13,18H,2,8,17H2,1H3. The molecule has 1 heterocycles. The number of halogens is 2. The van der Waals surface area contributed by atoms with Gasteiger partial charge in [0.1, 0.15) is 5.82 Å². The molecule has 0 bridgehead atoms. The number of rotatable bonds is 5. The Bertz CT molecular complexity index is 556. The number of aryl methyl sites for hydroxylation is 1. The highest BCUT2D eigenvalue weighted by atomic mass is 35.5. The number of benzene rings is 1. The molecule has 0 aliphatic carbocycles. The van der Waals surface area contributed by atoms with Crippen molar-refractivity contribution in [1.82, 2.24) is 5.43 Å². The first-order valence-corrected chi connectivity index (χ1v) is 7.37. The molecular formula is C14H16ClFN2S. The minimum Gasteiger partial charge on any atom is -0.271 e. The molecule has 1 aromatic carbocycles. The molecule has 0 saturated carbocycles. The monoisotopic (exact) mass is 298 g/mol. The smallest absolute Gasteiger partial charge is 0.142 e. The van der Waals surface area contributed by atoms with Crippen LogP contribution < -0.4 is 11.3 Å². The molecule has 1 atom stereocenters. The Morgan fingerprint density at radius 1 is 1.42 bits per heavy atom.